The number of hydrogen-bond donors (Lipinski definition) is 2. The van der Waals surface area contributed by atoms with Gasteiger partial charge in [0.1, 0.15) is 18.0 Å². The minimum atomic E-state index is -0.268. The first kappa shape index (κ1) is 23.5. The van der Waals surface area contributed by atoms with E-state index in [-0.39, 0.29) is 24.5 Å². The summed E-state index contributed by atoms with van der Waals surface area (Å²) >= 11 is 0. The summed E-state index contributed by atoms with van der Waals surface area (Å²) in [5.41, 5.74) is 0.540. The molecule has 1 aliphatic heterocycles. The standard InChI is InChI=1S/C22H32FN7O2/c1-3-20-28-26-16-30(20)14-11-24-21(25-15-17-7-5-6-8-19(17)23)27-18-9-12-29(13-10-18)22(31)32-4-2/h5-8,16,18H,3-4,9-15H2,1-2H3,(H2,24,25,27). The quantitative estimate of drug-likeness (QED) is 0.478. The molecule has 1 fully saturated rings. The number of nitrogens with one attached hydrogen (secondary N) is 2. The van der Waals surface area contributed by atoms with Crippen LogP contribution in [0, 0.1) is 5.82 Å². The summed E-state index contributed by atoms with van der Waals surface area (Å²) in [6, 6.07) is 6.81. The second-order valence-corrected chi connectivity index (χ2v) is 7.58. The second-order valence-electron chi connectivity index (χ2n) is 7.58. The SMILES string of the molecule is CCOC(=O)N1CCC(NC(=NCc2ccccc2F)NCCn2cnnc2CC)CC1. The third-order valence-electron chi connectivity index (χ3n) is 5.38. The number of benzene rings is 1. The predicted molar refractivity (Wildman–Crippen MR) is 120 cm³/mol. The highest BCUT2D eigenvalue weighted by molar-refractivity contribution is 5.80. The molecule has 0 bridgehead atoms. The van der Waals surface area contributed by atoms with Crippen LogP contribution < -0.4 is 10.6 Å². The van der Waals surface area contributed by atoms with Gasteiger partial charge in [0.25, 0.3) is 0 Å². The van der Waals surface area contributed by atoms with Crippen LogP contribution in [-0.4, -0.2) is 64.0 Å². The first-order valence-corrected chi connectivity index (χ1v) is 11.2. The van der Waals surface area contributed by atoms with Crippen molar-refractivity contribution in [3.05, 3.63) is 47.8 Å². The van der Waals surface area contributed by atoms with Crippen LogP contribution in [0.5, 0.6) is 0 Å². The number of carbonyl (C=O) groups excluding carboxylic acids is 1. The largest absolute Gasteiger partial charge is 0.450 e. The van der Waals surface area contributed by atoms with E-state index in [9.17, 15) is 9.18 Å². The molecule has 3 rings (SSSR count). The van der Waals surface area contributed by atoms with Gasteiger partial charge < -0.3 is 24.8 Å². The zero-order valence-electron chi connectivity index (χ0n) is 18.8. The molecular formula is C22H32FN7O2. The molecule has 10 heteroatoms. The first-order chi connectivity index (χ1) is 15.6. The smallest absolute Gasteiger partial charge is 0.409 e. The maximum Gasteiger partial charge on any atom is 0.409 e. The van der Waals surface area contributed by atoms with Crippen LogP contribution in [0.1, 0.15) is 38.1 Å². The Hall–Kier alpha value is -3.17. The topological polar surface area (TPSA) is 96.7 Å². The third kappa shape index (κ3) is 6.66. The Labute approximate surface area is 188 Å². The van der Waals surface area contributed by atoms with Gasteiger partial charge in [0.2, 0.25) is 0 Å². The van der Waals surface area contributed by atoms with E-state index < -0.39 is 0 Å². The predicted octanol–water partition coefficient (Wildman–Crippen LogP) is 2.34. The van der Waals surface area contributed by atoms with Gasteiger partial charge in [0.05, 0.1) is 13.2 Å². The van der Waals surface area contributed by atoms with E-state index in [4.69, 9.17) is 4.74 Å². The number of aliphatic imine (C=N–C) groups is 1. The van der Waals surface area contributed by atoms with E-state index in [0.717, 1.165) is 25.1 Å². The van der Waals surface area contributed by atoms with Crippen molar-refractivity contribution < 1.29 is 13.9 Å². The van der Waals surface area contributed by atoms with Crippen LogP contribution in [0.2, 0.25) is 0 Å². The average molecular weight is 446 g/mol. The number of aryl methyl sites for hydroxylation is 1. The van der Waals surface area contributed by atoms with E-state index in [2.05, 4.69) is 25.8 Å². The molecule has 0 spiro atoms. The van der Waals surface area contributed by atoms with Crippen molar-refractivity contribution in [2.75, 3.05) is 26.2 Å². The number of amides is 1. The van der Waals surface area contributed by atoms with E-state index in [0.29, 0.717) is 44.3 Å². The van der Waals surface area contributed by atoms with Crippen LogP contribution >= 0.6 is 0 Å². The molecule has 0 aliphatic carbocycles. The van der Waals surface area contributed by atoms with Crippen LogP contribution in [0.3, 0.4) is 0 Å². The average Bonchev–Trinajstić information content (AvgIpc) is 3.26. The minimum Gasteiger partial charge on any atom is -0.450 e. The highest BCUT2D eigenvalue weighted by Gasteiger charge is 2.24. The molecule has 32 heavy (non-hydrogen) atoms. The third-order valence-corrected chi connectivity index (χ3v) is 5.38. The number of rotatable bonds is 8. The lowest BCUT2D eigenvalue weighted by Gasteiger charge is -2.32. The molecule has 0 atom stereocenters. The number of likely N-dealkylation sites (tertiary alicyclic amines) is 1. The van der Waals surface area contributed by atoms with Crippen molar-refractivity contribution in [3.63, 3.8) is 0 Å². The summed E-state index contributed by atoms with van der Waals surface area (Å²) in [5, 5.41) is 14.8. The molecule has 2 heterocycles. The van der Waals surface area contributed by atoms with Crippen molar-refractivity contribution in [1.29, 1.82) is 0 Å². The van der Waals surface area contributed by atoms with E-state index >= 15 is 0 Å². The molecule has 2 aromatic rings. The van der Waals surface area contributed by atoms with Gasteiger partial charge in [-0.25, -0.2) is 14.2 Å². The van der Waals surface area contributed by atoms with Crippen molar-refractivity contribution in [3.8, 4) is 0 Å². The molecule has 1 amide bonds. The summed E-state index contributed by atoms with van der Waals surface area (Å²) in [5.74, 6) is 1.28. The highest BCUT2D eigenvalue weighted by Crippen LogP contribution is 2.12. The summed E-state index contributed by atoms with van der Waals surface area (Å²) in [6.45, 7) is 7.01. The van der Waals surface area contributed by atoms with Gasteiger partial charge in [-0.05, 0) is 25.8 Å². The summed E-state index contributed by atoms with van der Waals surface area (Å²) in [6.07, 6.45) is 3.83. The Kier molecular flexibility index (Phi) is 8.82. The van der Waals surface area contributed by atoms with Gasteiger partial charge in [-0.2, -0.15) is 0 Å². The molecule has 1 aromatic heterocycles. The van der Waals surface area contributed by atoms with Crippen LogP contribution in [-0.2, 0) is 24.2 Å². The molecule has 2 N–H and O–H groups in total. The van der Waals surface area contributed by atoms with Crippen LogP contribution in [0.15, 0.2) is 35.6 Å². The molecular weight excluding hydrogens is 413 g/mol. The second kappa shape index (κ2) is 12.0. The number of ether oxygens (including phenoxy) is 1. The molecule has 174 valence electrons. The number of carbonyl (C=O) groups is 1. The molecule has 1 saturated heterocycles. The minimum absolute atomic E-state index is 0.161. The molecule has 0 radical (unpaired) electrons. The molecule has 1 aromatic carbocycles. The van der Waals surface area contributed by atoms with Gasteiger partial charge in [-0.1, -0.05) is 25.1 Å². The van der Waals surface area contributed by atoms with Crippen molar-refractivity contribution in [2.24, 2.45) is 4.99 Å². The number of nitrogens with zero attached hydrogens (tertiary/aromatic N) is 5. The maximum atomic E-state index is 14.0. The zero-order valence-corrected chi connectivity index (χ0v) is 18.8. The molecule has 9 nitrogen and oxygen atoms in total. The van der Waals surface area contributed by atoms with E-state index in [1.807, 2.05) is 11.5 Å². The fourth-order valence-corrected chi connectivity index (χ4v) is 3.59. The monoisotopic (exact) mass is 445 g/mol. The lowest BCUT2D eigenvalue weighted by Crippen LogP contribution is -2.50. The fourth-order valence-electron chi connectivity index (χ4n) is 3.59. The normalized spacial score (nSPS) is 15.0. The summed E-state index contributed by atoms with van der Waals surface area (Å²) in [4.78, 5) is 18.3. The Morgan fingerprint density at radius 2 is 2.06 bits per heavy atom. The number of piperidine rings is 1. The molecule has 1 aliphatic rings. The molecule has 0 saturated carbocycles. The lowest BCUT2D eigenvalue weighted by atomic mass is 10.1. The zero-order chi connectivity index (χ0) is 22.8. The summed E-state index contributed by atoms with van der Waals surface area (Å²) in [7, 11) is 0. The summed E-state index contributed by atoms with van der Waals surface area (Å²) < 4.78 is 21.1. The number of guanidine groups is 1. The Morgan fingerprint density at radius 1 is 1.28 bits per heavy atom. The van der Waals surface area contributed by atoms with Gasteiger partial charge in [-0.3, -0.25) is 0 Å². The van der Waals surface area contributed by atoms with Crippen LogP contribution in [0.4, 0.5) is 9.18 Å². The highest BCUT2D eigenvalue weighted by atomic mass is 19.1. The van der Waals surface area contributed by atoms with E-state index in [1.165, 1.54) is 6.07 Å². The van der Waals surface area contributed by atoms with Gasteiger partial charge in [-0.15, -0.1) is 10.2 Å². The van der Waals surface area contributed by atoms with Crippen molar-refractivity contribution >= 4 is 12.1 Å². The van der Waals surface area contributed by atoms with E-state index in [1.54, 1.807) is 36.4 Å². The van der Waals surface area contributed by atoms with Gasteiger partial charge >= 0.3 is 6.09 Å². The Balaban J connectivity index is 1.59. The molecule has 0 unspecified atom stereocenters. The van der Waals surface area contributed by atoms with Crippen molar-refractivity contribution in [2.45, 2.75) is 52.2 Å². The first-order valence-electron chi connectivity index (χ1n) is 11.2. The van der Waals surface area contributed by atoms with Crippen LogP contribution in [0.25, 0.3) is 0 Å². The number of hydrogen-bond acceptors (Lipinski definition) is 5. The lowest BCUT2D eigenvalue weighted by molar-refractivity contribution is 0.0963. The number of halogens is 1. The van der Waals surface area contributed by atoms with Gasteiger partial charge in [0, 0.05) is 44.2 Å². The van der Waals surface area contributed by atoms with Crippen molar-refractivity contribution in [1.82, 2.24) is 30.3 Å². The number of aromatic nitrogens is 3. The Bertz CT molecular complexity index is 894. The maximum absolute atomic E-state index is 14.0. The Morgan fingerprint density at radius 3 is 2.78 bits per heavy atom. The fraction of sp³-hybridized carbons (Fsp3) is 0.545. The van der Waals surface area contributed by atoms with Gasteiger partial charge in [0.15, 0.2) is 5.96 Å².